The first-order valence-corrected chi connectivity index (χ1v) is 7.90. The van der Waals surface area contributed by atoms with Crippen molar-refractivity contribution in [2.75, 3.05) is 32.0 Å². The molecule has 1 aliphatic rings. The van der Waals surface area contributed by atoms with Gasteiger partial charge in [-0.1, -0.05) is 26.0 Å². The van der Waals surface area contributed by atoms with Crippen LogP contribution in [0.5, 0.6) is 0 Å². The number of nitrogens with zero attached hydrogens (tertiary/aromatic N) is 2. The Kier molecular flexibility index (Phi) is 5.44. The highest BCUT2D eigenvalue weighted by Crippen LogP contribution is 2.20. The van der Waals surface area contributed by atoms with Crippen molar-refractivity contribution in [1.82, 2.24) is 9.80 Å². The maximum absolute atomic E-state index is 3.69. The molecule has 2 rings (SSSR count). The van der Waals surface area contributed by atoms with Crippen LogP contribution in [0.15, 0.2) is 24.3 Å². The van der Waals surface area contributed by atoms with Gasteiger partial charge in [0.2, 0.25) is 0 Å². The van der Waals surface area contributed by atoms with Gasteiger partial charge in [0.1, 0.15) is 0 Å². The van der Waals surface area contributed by atoms with E-state index in [0.29, 0.717) is 12.1 Å². The third-order valence-electron chi connectivity index (χ3n) is 4.48. The van der Waals surface area contributed by atoms with Crippen molar-refractivity contribution in [1.29, 1.82) is 0 Å². The largest absolute Gasteiger partial charge is 0.381 e. The lowest BCUT2D eigenvalue weighted by Gasteiger charge is -2.19. The van der Waals surface area contributed by atoms with Gasteiger partial charge >= 0.3 is 0 Å². The lowest BCUT2D eigenvalue weighted by atomic mass is 10.1. The van der Waals surface area contributed by atoms with E-state index >= 15 is 0 Å². The summed E-state index contributed by atoms with van der Waals surface area (Å²) in [6.07, 6.45) is 1.23. The Morgan fingerprint density at radius 1 is 1.30 bits per heavy atom. The van der Waals surface area contributed by atoms with Crippen LogP contribution in [0, 0.1) is 0 Å². The molecule has 2 unspecified atom stereocenters. The number of likely N-dealkylation sites (tertiary alicyclic amines) is 1. The fraction of sp³-hybridized carbons (Fsp3) is 0.647. The predicted molar refractivity (Wildman–Crippen MR) is 87.2 cm³/mol. The summed E-state index contributed by atoms with van der Waals surface area (Å²) in [4.78, 5) is 4.88. The van der Waals surface area contributed by atoms with Crippen molar-refractivity contribution >= 4 is 5.69 Å². The highest BCUT2D eigenvalue weighted by atomic mass is 15.2. The van der Waals surface area contributed by atoms with Crippen LogP contribution in [-0.2, 0) is 6.54 Å². The molecule has 1 fully saturated rings. The second kappa shape index (κ2) is 7.09. The average Bonchev–Trinajstić information content (AvgIpc) is 2.75. The molecule has 3 heteroatoms. The molecular formula is C17H29N3. The van der Waals surface area contributed by atoms with Gasteiger partial charge in [-0.25, -0.2) is 0 Å². The second-order valence-corrected chi connectivity index (χ2v) is 6.03. The molecule has 112 valence electrons. The maximum atomic E-state index is 3.69. The summed E-state index contributed by atoms with van der Waals surface area (Å²) < 4.78 is 0. The molecule has 0 radical (unpaired) electrons. The number of likely N-dealkylation sites (N-methyl/N-ethyl adjacent to an activating group) is 1. The zero-order valence-corrected chi connectivity index (χ0v) is 13.4. The first-order valence-electron chi connectivity index (χ1n) is 7.90. The molecule has 0 spiro atoms. The maximum Gasteiger partial charge on any atom is 0.0403 e. The van der Waals surface area contributed by atoms with Crippen molar-refractivity contribution in [2.45, 2.75) is 45.8 Å². The molecule has 0 aromatic heterocycles. The normalized spacial score (nSPS) is 23.4. The molecule has 3 nitrogen and oxygen atoms in total. The molecule has 1 aliphatic heterocycles. The molecule has 1 saturated heterocycles. The summed E-state index contributed by atoms with van der Waals surface area (Å²) in [5.41, 5.74) is 2.67. The van der Waals surface area contributed by atoms with E-state index in [1.165, 1.54) is 17.7 Å². The molecule has 1 aromatic rings. The Balaban J connectivity index is 1.96. The molecule has 2 atom stereocenters. The van der Waals surface area contributed by atoms with E-state index in [1.807, 2.05) is 0 Å². The standard InChI is InChI=1S/C17H29N3/c1-5-20(6-2)12-15-8-7-9-16(11-15)18-17-10-14(3)19(4)13-17/h7-9,11,14,17-18H,5-6,10,12-13H2,1-4H3. The quantitative estimate of drug-likeness (QED) is 0.861. The zero-order valence-electron chi connectivity index (χ0n) is 13.4. The van der Waals surface area contributed by atoms with Crippen molar-refractivity contribution < 1.29 is 0 Å². The zero-order chi connectivity index (χ0) is 14.5. The van der Waals surface area contributed by atoms with Gasteiger partial charge in [0.05, 0.1) is 0 Å². The van der Waals surface area contributed by atoms with Crippen LogP contribution in [0.4, 0.5) is 5.69 Å². The van der Waals surface area contributed by atoms with E-state index in [2.05, 4.69) is 67.2 Å². The highest BCUT2D eigenvalue weighted by molar-refractivity contribution is 5.46. The first-order chi connectivity index (χ1) is 9.62. The van der Waals surface area contributed by atoms with Crippen LogP contribution >= 0.6 is 0 Å². The molecule has 0 saturated carbocycles. The predicted octanol–water partition coefficient (Wildman–Crippen LogP) is 3.03. The third kappa shape index (κ3) is 3.97. The van der Waals surface area contributed by atoms with Crippen LogP contribution in [0.25, 0.3) is 0 Å². The molecule has 0 amide bonds. The summed E-state index contributed by atoms with van der Waals surface area (Å²) in [7, 11) is 2.21. The molecule has 0 bridgehead atoms. The Hall–Kier alpha value is -1.06. The number of benzene rings is 1. The third-order valence-corrected chi connectivity index (χ3v) is 4.48. The molecule has 20 heavy (non-hydrogen) atoms. The SMILES string of the molecule is CCN(CC)Cc1cccc(NC2CC(C)N(C)C2)c1. The van der Waals surface area contributed by atoms with E-state index in [-0.39, 0.29) is 0 Å². The molecule has 0 aliphatic carbocycles. The van der Waals surface area contributed by atoms with E-state index in [0.717, 1.165) is 26.2 Å². The Labute approximate surface area is 124 Å². The van der Waals surface area contributed by atoms with Gasteiger partial charge in [-0.2, -0.15) is 0 Å². The lowest BCUT2D eigenvalue weighted by molar-refractivity contribution is 0.296. The average molecular weight is 275 g/mol. The van der Waals surface area contributed by atoms with Crippen LogP contribution < -0.4 is 5.32 Å². The van der Waals surface area contributed by atoms with Crippen molar-refractivity contribution in [3.05, 3.63) is 29.8 Å². The van der Waals surface area contributed by atoms with Crippen LogP contribution in [-0.4, -0.2) is 48.6 Å². The lowest BCUT2D eigenvalue weighted by Crippen LogP contribution is -2.25. The minimum absolute atomic E-state index is 0.582. The van der Waals surface area contributed by atoms with E-state index in [1.54, 1.807) is 0 Å². The summed E-state index contributed by atoms with van der Waals surface area (Å²) >= 11 is 0. The van der Waals surface area contributed by atoms with Crippen molar-refractivity contribution in [3.8, 4) is 0 Å². The van der Waals surface area contributed by atoms with Gasteiger partial charge < -0.3 is 10.2 Å². The smallest absolute Gasteiger partial charge is 0.0403 e. The second-order valence-electron chi connectivity index (χ2n) is 6.03. The Morgan fingerprint density at radius 2 is 2.05 bits per heavy atom. The van der Waals surface area contributed by atoms with Gasteiger partial charge in [0.25, 0.3) is 0 Å². The number of hydrogen-bond donors (Lipinski definition) is 1. The van der Waals surface area contributed by atoms with Gasteiger partial charge in [-0.15, -0.1) is 0 Å². The topological polar surface area (TPSA) is 18.5 Å². The minimum Gasteiger partial charge on any atom is -0.381 e. The van der Waals surface area contributed by atoms with Gasteiger partial charge in [-0.3, -0.25) is 4.90 Å². The number of hydrogen-bond acceptors (Lipinski definition) is 3. The summed E-state index contributed by atoms with van der Waals surface area (Å²) in [5.74, 6) is 0. The molecule has 1 N–H and O–H groups in total. The highest BCUT2D eigenvalue weighted by Gasteiger charge is 2.25. The van der Waals surface area contributed by atoms with E-state index < -0.39 is 0 Å². The van der Waals surface area contributed by atoms with Gasteiger partial charge in [-0.05, 0) is 51.2 Å². The fourth-order valence-corrected chi connectivity index (χ4v) is 3.00. The molecule has 1 aromatic carbocycles. The minimum atomic E-state index is 0.582. The van der Waals surface area contributed by atoms with Gasteiger partial charge in [0.15, 0.2) is 0 Å². The molecule has 1 heterocycles. The molecular weight excluding hydrogens is 246 g/mol. The summed E-state index contributed by atoms with van der Waals surface area (Å²) in [6.45, 7) is 11.2. The van der Waals surface area contributed by atoms with Crippen LogP contribution in [0.2, 0.25) is 0 Å². The first kappa shape index (κ1) is 15.3. The Morgan fingerprint density at radius 3 is 2.65 bits per heavy atom. The number of rotatable bonds is 6. The van der Waals surface area contributed by atoms with Gasteiger partial charge in [0, 0.05) is 30.9 Å². The van der Waals surface area contributed by atoms with E-state index in [9.17, 15) is 0 Å². The van der Waals surface area contributed by atoms with Crippen LogP contribution in [0.3, 0.4) is 0 Å². The van der Waals surface area contributed by atoms with Crippen LogP contribution in [0.1, 0.15) is 32.8 Å². The monoisotopic (exact) mass is 275 g/mol. The Bertz CT molecular complexity index is 404. The summed E-state index contributed by atoms with van der Waals surface area (Å²) in [6, 6.07) is 10.2. The van der Waals surface area contributed by atoms with Crippen molar-refractivity contribution in [2.24, 2.45) is 0 Å². The number of nitrogens with one attached hydrogen (secondary N) is 1. The summed E-state index contributed by atoms with van der Waals surface area (Å²) in [5, 5.41) is 3.69. The van der Waals surface area contributed by atoms with E-state index in [4.69, 9.17) is 0 Å². The fourth-order valence-electron chi connectivity index (χ4n) is 3.00. The number of anilines is 1. The van der Waals surface area contributed by atoms with Crippen molar-refractivity contribution in [3.63, 3.8) is 0 Å².